The van der Waals surface area contributed by atoms with Crippen molar-refractivity contribution in [1.29, 1.82) is 0 Å². The van der Waals surface area contributed by atoms with Crippen LogP contribution in [0.15, 0.2) is 36.4 Å². The number of hydrogen-bond acceptors (Lipinski definition) is 4. The van der Waals surface area contributed by atoms with Crippen LogP contribution in [0.4, 0.5) is 0 Å². The average Bonchev–Trinajstić information content (AvgIpc) is 3.16. The summed E-state index contributed by atoms with van der Waals surface area (Å²) >= 11 is 12.5. The molecule has 0 spiro atoms. The zero-order chi connectivity index (χ0) is 20.6. The summed E-state index contributed by atoms with van der Waals surface area (Å²) in [5, 5.41) is 4.80. The summed E-state index contributed by atoms with van der Waals surface area (Å²) in [6.45, 7) is 9.26. The summed E-state index contributed by atoms with van der Waals surface area (Å²) in [5.41, 5.74) is 1.96. The Balaban J connectivity index is 1.60. The van der Waals surface area contributed by atoms with Crippen molar-refractivity contribution in [1.82, 2.24) is 10.2 Å². The largest absolute Gasteiger partial charge is 0.490 e. The summed E-state index contributed by atoms with van der Waals surface area (Å²) in [6.07, 6.45) is 2.58. The normalized spacial score (nSPS) is 16.9. The average molecular weight is 437 g/mol. The van der Waals surface area contributed by atoms with Crippen molar-refractivity contribution in [3.05, 3.63) is 57.6 Å². The van der Waals surface area contributed by atoms with E-state index in [-0.39, 0.29) is 0 Å². The standard InChI is InChI=1S/C23H30Cl2N2O2/c1-3-27-12-6-7-18(27)15-26-14-17-10-11-22(23(13-17)28-4-2)29-16-19-20(24)8-5-9-21(19)25/h5,8-11,13,18,26H,3-4,6-7,12,14-16H2,1-2H3. The summed E-state index contributed by atoms with van der Waals surface area (Å²) < 4.78 is 11.8. The Morgan fingerprint density at radius 2 is 1.86 bits per heavy atom. The number of likely N-dealkylation sites (N-methyl/N-ethyl adjacent to an activating group) is 1. The molecule has 1 aliphatic rings. The Hall–Kier alpha value is -1.46. The fourth-order valence-electron chi connectivity index (χ4n) is 3.80. The van der Waals surface area contributed by atoms with Gasteiger partial charge in [0.2, 0.25) is 0 Å². The molecule has 0 saturated carbocycles. The second-order valence-corrected chi connectivity index (χ2v) is 8.07. The van der Waals surface area contributed by atoms with Crippen molar-refractivity contribution >= 4 is 23.2 Å². The molecule has 4 nitrogen and oxygen atoms in total. The predicted molar refractivity (Wildman–Crippen MR) is 120 cm³/mol. The van der Waals surface area contributed by atoms with Crippen LogP contribution in [0.25, 0.3) is 0 Å². The van der Waals surface area contributed by atoms with Gasteiger partial charge in [0.05, 0.1) is 6.61 Å². The molecule has 1 aliphatic heterocycles. The number of hydrogen-bond donors (Lipinski definition) is 1. The molecule has 0 aliphatic carbocycles. The molecule has 1 fully saturated rings. The van der Waals surface area contributed by atoms with Crippen molar-refractivity contribution in [2.24, 2.45) is 0 Å². The molecule has 1 unspecified atom stereocenters. The highest BCUT2D eigenvalue weighted by Crippen LogP contribution is 2.31. The highest BCUT2D eigenvalue weighted by atomic mass is 35.5. The molecule has 0 amide bonds. The minimum absolute atomic E-state index is 0.296. The first-order valence-corrected chi connectivity index (χ1v) is 11.1. The molecule has 1 N–H and O–H groups in total. The number of nitrogens with one attached hydrogen (secondary N) is 1. The second kappa shape index (κ2) is 11.1. The van der Waals surface area contributed by atoms with Gasteiger partial charge in [0.1, 0.15) is 6.61 Å². The quantitative estimate of drug-likeness (QED) is 0.529. The van der Waals surface area contributed by atoms with E-state index in [1.807, 2.05) is 37.3 Å². The topological polar surface area (TPSA) is 33.7 Å². The highest BCUT2D eigenvalue weighted by molar-refractivity contribution is 6.35. The Morgan fingerprint density at radius 1 is 1.07 bits per heavy atom. The fraction of sp³-hybridized carbons (Fsp3) is 0.478. The van der Waals surface area contributed by atoms with Crippen molar-refractivity contribution in [3.63, 3.8) is 0 Å². The van der Waals surface area contributed by atoms with E-state index in [9.17, 15) is 0 Å². The van der Waals surface area contributed by atoms with Gasteiger partial charge in [0.15, 0.2) is 11.5 Å². The summed E-state index contributed by atoms with van der Waals surface area (Å²) in [6, 6.07) is 12.2. The summed E-state index contributed by atoms with van der Waals surface area (Å²) in [4.78, 5) is 2.55. The Morgan fingerprint density at radius 3 is 2.59 bits per heavy atom. The molecular formula is C23H30Cl2N2O2. The number of ether oxygens (including phenoxy) is 2. The molecular weight excluding hydrogens is 407 g/mol. The third-order valence-electron chi connectivity index (χ3n) is 5.36. The van der Waals surface area contributed by atoms with Crippen LogP contribution in [0.2, 0.25) is 10.0 Å². The van der Waals surface area contributed by atoms with Gasteiger partial charge in [-0.1, -0.05) is 42.3 Å². The van der Waals surface area contributed by atoms with Gasteiger partial charge in [-0.3, -0.25) is 4.90 Å². The zero-order valence-electron chi connectivity index (χ0n) is 17.2. The number of rotatable bonds is 10. The van der Waals surface area contributed by atoms with Gasteiger partial charge >= 0.3 is 0 Å². The van der Waals surface area contributed by atoms with E-state index in [0.29, 0.717) is 35.1 Å². The van der Waals surface area contributed by atoms with Crippen LogP contribution in [-0.2, 0) is 13.2 Å². The van der Waals surface area contributed by atoms with Gasteiger partial charge in [0.25, 0.3) is 0 Å². The van der Waals surface area contributed by atoms with E-state index in [1.54, 1.807) is 0 Å². The van der Waals surface area contributed by atoms with Gasteiger partial charge in [0, 0.05) is 34.7 Å². The molecule has 6 heteroatoms. The van der Waals surface area contributed by atoms with E-state index in [2.05, 4.69) is 23.2 Å². The first kappa shape index (κ1) is 22.2. The molecule has 0 bridgehead atoms. The van der Waals surface area contributed by atoms with Crippen LogP contribution < -0.4 is 14.8 Å². The predicted octanol–water partition coefficient (Wildman–Crippen LogP) is 5.55. The van der Waals surface area contributed by atoms with Crippen molar-refractivity contribution in [3.8, 4) is 11.5 Å². The first-order valence-electron chi connectivity index (χ1n) is 10.4. The van der Waals surface area contributed by atoms with Crippen LogP contribution in [-0.4, -0.2) is 37.2 Å². The lowest BCUT2D eigenvalue weighted by Crippen LogP contribution is -2.37. The van der Waals surface area contributed by atoms with Crippen LogP contribution in [0, 0.1) is 0 Å². The molecule has 0 aromatic heterocycles. The van der Waals surface area contributed by atoms with Gasteiger partial charge in [-0.05, 0) is 62.7 Å². The maximum absolute atomic E-state index is 6.25. The fourth-order valence-corrected chi connectivity index (χ4v) is 4.30. The van der Waals surface area contributed by atoms with Crippen LogP contribution in [0.1, 0.15) is 37.8 Å². The SMILES string of the molecule is CCOc1cc(CNCC2CCCN2CC)ccc1OCc1c(Cl)cccc1Cl. The van der Waals surface area contributed by atoms with E-state index in [0.717, 1.165) is 30.9 Å². The third kappa shape index (κ3) is 6.02. The summed E-state index contributed by atoms with van der Waals surface area (Å²) in [7, 11) is 0. The van der Waals surface area contributed by atoms with E-state index in [4.69, 9.17) is 32.7 Å². The lowest BCUT2D eigenvalue weighted by atomic mass is 10.1. The number of halogens is 2. The molecule has 1 saturated heterocycles. The van der Waals surface area contributed by atoms with Crippen molar-refractivity contribution in [2.45, 2.75) is 45.9 Å². The van der Waals surface area contributed by atoms with Crippen LogP contribution in [0.5, 0.6) is 11.5 Å². The number of benzene rings is 2. The monoisotopic (exact) mass is 436 g/mol. The molecule has 2 aromatic rings. The Kier molecular flexibility index (Phi) is 8.49. The Labute approximate surface area is 184 Å². The minimum atomic E-state index is 0.296. The van der Waals surface area contributed by atoms with E-state index < -0.39 is 0 Å². The molecule has 1 atom stereocenters. The zero-order valence-corrected chi connectivity index (χ0v) is 18.7. The molecule has 158 valence electrons. The van der Waals surface area contributed by atoms with E-state index in [1.165, 1.54) is 24.9 Å². The maximum Gasteiger partial charge on any atom is 0.161 e. The van der Waals surface area contributed by atoms with Crippen LogP contribution >= 0.6 is 23.2 Å². The van der Waals surface area contributed by atoms with Crippen LogP contribution in [0.3, 0.4) is 0 Å². The molecule has 0 radical (unpaired) electrons. The lowest BCUT2D eigenvalue weighted by molar-refractivity contribution is 0.259. The Bertz CT molecular complexity index is 780. The molecule has 2 aromatic carbocycles. The van der Waals surface area contributed by atoms with Gasteiger partial charge < -0.3 is 14.8 Å². The molecule has 29 heavy (non-hydrogen) atoms. The first-order chi connectivity index (χ1) is 14.1. The maximum atomic E-state index is 6.25. The molecule has 3 rings (SSSR count). The van der Waals surface area contributed by atoms with E-state index >= 15 is 0 Å². The molecule has 1 heterocycles. The third-order valence-corrected chi connectivity index (χ3v) is 6.06. The number of likely N-dealkylation sites (tertiary alicyclic amines) is 1. The second-order valence-electron chi connectivity index (χ2n) is 7.26. The smallest absolute Gasteiger partial charge is 0.161 e. The van der Waals surface area contributed by atoms with Crippen molar-refractivity contribution in [2.75, 3.05) is 26.2 Å². The van der Waals surface area contributed by atoms with Gasteiger partial charge in [-0.2, -0.15) is 0 Å². The summed E-state index contributed by atoms with van der Waals surface area (Å²) in [5.74, 6) is 1.44. The van der Waals surface area contributed by atoms with Gasteiger partial charge in [-0.25, -0.2) is 0 Å². The number of nitrogens with zero attached hydrogens (tertiary/aromatic N) is 1. The van der Waals surface area contributed by atoms with Crippen molar-refractivity contribution < 1.29 is 9.47 Å². The van der Waals surface area contributed by atoms with Gasteiger partial charge in [-0.15, -0.1) is 0 Å². The highest BCUT2D eigenvalue weighted by Gasteiger charge is 2.22. The lowest BCUT2D eigenvalue weighted by Gasteiger charge is -2.23. The minimum Gasteiger partial charge on any atom is -0.490 e.